The molecule has 9 heavy (non-hydrogen) atoms. The molecule has 0 aromatic rings. The summed E-state index contributed by atoms with van der Waals surface area (Å²) in [7, 11) is -3.54. The Bertz CT molecular complexity index is 161. The van der Waals surface area contributed by atoms with E-state index in [1.54, 1.807) is 0 Å². The van der Waals surface area contributed by atoms with Crippen molar-refractivity contribution in [2.75, 3.05) is 11.7 Å². The molecule has 0 rings (SSSR count). The van der Waals surface area contributed by atoms with Crippen LogP contribution in [0.1, 0.15) is 6.92 Å². The van der Waals surface area contributed by atoms with Gasteiger partial charge in [-0.25, -0.2) is 12.8 Å². The second kappa shape index (κ2) is 3.12. The molecule has 0 bridgehead atoms. The Morgan fingerprint density at radius 2 is 2.11 bits per heavy atom. The van der Waals surface area contributed by atoms with E-state index < -0.39 is 27.7 Å². The lowest BCUT2D eigenvalue weighted by atomic mass is 10.5. The summed E-state index contributed by atoms with van der Waals surface area (Å²) in [5, 5.41) is 8.09. The third-order valence-electron chi connectivity index (χ3n) is 0.680. The third-order valence-corrected chi connectivity index (χ3v) is 2.04. The van der Waals surface area contributed by atoms with Crippen LogP contribution in [0, 0.1) is 0 Å². The van der Waals surface area contributed by atoms with E-state index in [2.05, 4.69) is 0 Å². The minimum Gasteiger partial charge on any atom is -0.380 e. The smallest absolute Gasteiger partial charge is 0.176 e. The topological polar surface area (TPSA) is 54.4 Å². The van der Waals surface area contributed by atoms with Crippen LogP contribution < -0.4 is 0 Å². The number of hydrogen-bond donors (Lipinski definition) is 1. The number of hydrogen-bond acceptors (Lipinski definition) is 3. The quantitative estimate of drug-likeness (QED) is 0.610. The average molecular weight is 156 g/mol. The van der Waals surface area contributed by atoms with Crippen molar-refractivity contribution >= 4 is 9.84 Å². The summed E-state index contributed by atoms with van der Waals surface area (Å²) in [6.45, 7) is 1.13. The highest BCUT2D eigenvalue weighted by Crippen LogP contribution is 1.95. The molecule has 0 spiro atoms. The molecule has 0 aliphatic heterocycles. The van der Waals surface area contributed by atoms with Gasteiger partial charge in [0.25, 0.3) is 0 Å². The lowest BCUT2D eigenvalue weighted by Gasteiger charge is -1.98. The predicted molar refractivity (Wildman–Crippen MR) is 31.4 cm³/mol. The minimum absolute atomic E-state index is 0.594. The fraction of sp³-hybridized carbons (Fsp3) is 1.00. The molecule has 1 atom stereocenters. The van der Waals surface area contributed by atoms with Gasteiger partial charge in [0.05, 0.1) is 5.75 Å². The molecule has 0 heterocycles. The van der Waals surface area contributed by atoms with Gasteiger partial charge < -0.3 is 5.11 Å². The molecule has 0 aliphatic rings. The Balaban J connectivity index is 3.90. The van der Waals surface area contributed by atoms with E-state index in [1.165, 1.54) is 0 Å². The summed E-state index contributed by atoms with van der Waals surface area (Å²) in [6.07, 6.45) is -1.40. The second-order valence-electron chi connectivity index (χ2n) is 1.82. The number of halogens is 1. The third kappa shape index (κ3) is 4.35. The molecule has 0 radical (unpaired) electrons. The van der Waals surface area contributed by atoms with Crippen LogP contribution in [0.2, 0.25) is 0 Å². The maximum Gasteiger partial charge on any atom is 0.176 e. The van der Waals surface area contributed by atoms with Gasteiger partial charge >= 0.3 is 0 Å². The second-order valence-corrected chi connectivity index (χ2v) is 3.90. The first-order valence-electron chi connectivity index (χ1n) is 2.43. The number of aliphatic hydroxyl groups excluding tert-OH is 1. The van der Waals surface area contributed by atoms with Crippen LogP contribution in [0.15, 0.2) is 0 Å². The van der Waals surface area contributed by atoms with E-state index in [9.17, 15) is 12.8 Å². The van der Waals surface area contributed by atoms with Crippen LogP contribution in [-0.2, 0) is 9.84 Å². The van der Waals surface area contributed by atoms with Gasteiger partial charge in [-0.1, -0.05) is 0 Å². The molecule has 0 aromatic carbocycles. The van der Waals surface area contributed by atoms with Crippen molar-refractivity contribution in [2.45, 2.75) is 13.1 Å². The van der Waals surface area contributed by atoms with Gasteiger partial charge in [-0.05, 0) is 6.92 Å². The van der Waals surface area contributed by atoms with Crippen molar-refractivity contribution in [1.82, 2.24) is 0 Å². The van der Waals surface area contributed by atoms with E-state index in [-0.39, 0.29) is 0 Å². The van der Waals surface area contributed by atoms with Crippen molar-refractivity contribution in [1.29, 1.82) is 0 Å². The molecule has 0 amide bonds. The first-order chi connectivity index (χ1) is 3.98. The van der Waals surface area contributed by atoms with E-state index in [4.69, 9.17) is 5.11 Å². The van der Waals surface area contributed by atoms with E-state index in [0.29, 0.717) is 0 Å². The average Bonchev–Trinajstić information content (AvgIpc) is 1.63. The molecule has 5 heteroatoms. The lowest BCUT2D eigenvalue weighted by molar-refractivity contribution is 0.349. The highest BCUT2D eigenvalue weighted by atomic mass is 32.2. The summed E-state index contributed by atoms with van der Waals surface area (Å²) < 4.78 is 32.5. The summed E-state index contributed by atoms with van der Waals surface area (Å²) in [5.74, 6) is -1.56. The van der Waals surface area contributed by atoms with Crippen molar-refractivity contribution in [3.05, 3.63) is 0 Å². The number of aliphatic hydroxyl groups is 1. The number of sulfone groups is 1. The summed E-state index contributed by atoms with van der Waals surface area (Å²) in [6, 6.07) is 0. The van der Waals surface area contributed by atoms with Crippen LogP contribution >= 0.6 is 0 Å². The maximum atomic E-state index is 11.9. The van der Waals surface area contributed by atoms with E-state index in [0.717, 1.165) is 6.92 Å². The van der Waals surface area contributed by atoms with E-state index >= 15 is 0 Å². The lowest BCUT2D eigenvalue weighted by Crippen LogP contribution is -2.17. The van der Waals surface area contributed by atoms with Crippen molar-refractivity contribution < 1.29 is 17.9 Å². The van der Waals surface area contributed by atoms with Crippen LogP contribution in [-0.4, -0.2) is 31.4 Å². The Hall–Kier alpha value is -0.160. The van der Waals surface area contributed by atoms with Crippen molar-refractivity contribution in [2.24, 2.45) is 0 Å². The van der Waals surface area contributed by atoms with Crippen LogP contribution in [0.3, 0.4) is 0 Å². The Kier molecular flexibility index (Phi) is 3.07. The molecule has 0 saturated carbocycles. The molecule has 0 aliphatic carbocycles. The Labute approximate surface area is 53.4 Å². The SMILES string of the molecule is CC(F)CS(=O)(=O)CO. The van der Waals surface area contributed by atoms with Gasteiger partial charge in [0.15, 0.2) is 9.84 Å². The molecule has 0 saturated heterocycles. The van der Waals surface area contributed by atoms with Crippen LogP contribution in [0.4, 0.5) is 4.39 Å². The maximum absolute atomic E-state index is 11.9. The zero-order chi connectivity index (χ0) is 7.49. The van der Waals surface area contributed by atoms with Gasteiger partial charge in [-0.2, -0.15) is 0 Å². The van der Waals surface area contributed by atoms with Crippen LogP contribution in [0.25, 0.3) is 0 Å². The summed E-state index contributed by atoms with van der Waals surface area (Å²) in [4.78, 5) is 0. The first kappa shape index (κ1) is 8.84. The molecule has 0 aromatic heterocycles. The van der Waals surface area contributed by atoms with E-state index in [1.807, 2.05) is 0 Å². The highest BCUT2D eigenvalue weighted by molar-refractivity contribution is 7.91. The minimum atomic E-state index is -3.54. The largest absolute Gasteiger partial charge is 0.380 e. The van der Waals surface area contributed by atoms with Crippen molar-refractivity contribution in [3.8, 4) is 0 Å². The molecule has 0 fully saturated rings. The summed E-state index contributed by atoms with van der Waals surface area (Å²) in [5.41, 5.74) is 0. The monoisotopic (exact) mass is 156 g/mol. The van der Waals surface area contributed by atoms with Gasteiger partial charge in [0.1, 0.15) is 12.1 Å². The molecule has 1 N–H and O–H groups in total. The molecule has 1 unspecified atom stereocenters. The fourth-order valence-electron chi connectivity index (χ4n) is 0.403. The van der Waals surface area contributed by atoms with Gasteiger partial charge in [0, 0.05) is 0 Å². The van der Waals surface area contributed by atoms with Gasteiger partial charge in [0.2, 0.25) is 0 Å². The van der Waals surface area contributed by atoms with Crippen LogP contribution in [0.5, 0.6) is 0 Å². The fourth-order valence-corrected chi connectivity index (χ4v) is 1.21. The number of alkyl halides is 1. The predicted octanol–water partition coefficient (Wildman–Crippen LogP) is -0.291. The molecule has 3 nitrogen and oxygen atoms in total. The van der Waals surface area contributed by atoms with Crippen molar-refractivity contribution in [3.63, 3.8) is 0 Å². The Morgan fingerprint density at radius 1 is 1.67 bits per heavy atom. The number of rotatable bonds is 3. The zero-order valence-electron chi connectivity index (χ0n) is 5.04. The molecular formula is C4H9FO3S. The zero-order valence-corrected chi connectivity index (χ0v) is 5.86. The normalized spacial score (nSPS) is 15.4. The first-order valence-corrected chi connectivity index (χ1v) is 4.25. The highest BCUT2D eigenvalue weighted by Gasteiger charge is 2.12. The molecular weight excluding hydrogens is 147 g/mol. The van der Waals surface area contributed by atoms with Gasteiger partial charge in [-0.15, -0.1) is 0 Å². The molecule has 56 valence electrons. The Morgan fingerprint density at radius 3 is 2.22 bits per heavy atom. The van der Waals surface area contributed by atoms with Gasteiger partial charge in [-0.3, -0.25) is 0 Å². The summed E-state index contributed by atoms with van der Waals surface area (Å²) >= 11 is 0. The standard InChI is InChI=1S/C4H9FO3S/c1-4(5)2-9(7,8)3-6/h4,6H,2-3H2,1H3.